The van der Waals surface area contributed by atoms with Crippen LogP contribution in [-0.4, -0.2) is 35.4 Å². The molecule has 0 saturated carbocycles. The molecule has 2 amide bonds. The standard InChI is InChI=1S/C26H20BrF3N4O5/c27-16-5-10-22-20(11-16)21(33-25(37)32-17-6-8-18(9-7-17)39-26(28,29)30)13-34(22)24(36)19-4-2-1-3-15(19)14-38-23(35)12-31/h1-11,13H,12,14,31H2,(H2,32,33,37). The summed E-state index contributed by atoms with van der Waals surface area (Å²) in [5, 5.41) is 5.72. The molecule has 0 atom stereocenters. The number of anilines is 2. The topological polar surface area (TPSA) is 125 Å². The smallest absolute Gasteiger partial charge is 0.460 e. The summed E-state index contributed by atoms with van der Waals surface area (Å²) in [5.41, 5.74) is 7.02. The molecule has 4 N–H and O–H groups in total. The van der Waals surface area contributed by atoms with E-state index in [4.69, 9.17) is 10.5 Å². The van der Waals surface area contributed by atoms with Crippen molar-refractivity contribution in [1.82, 2.24) is 4.57 Å². The highest BCUT2D eigenvalue weighted by Gasteiger charge is 2.31. The zero-order valence-electron chi connectivity index (χ0n) is 19.9. The first-order chi connectivity index (χ1) is 18.5. The predicted octanol–water partition coefficient (Wildman–Crippen LogP) is 5.64. The van der Waals surface area contributed by atoms with Crippen LogP contribution >= 0.6 is 15.9 Å². The van der Waals surface area contributed by atoms with Crippen LogP contribution in [0.15, 0.2) is 77.4 Å². The molecule has 0 fully saturated rings. The predicted molar refractivity (Wildman–Crippen MR) is 140 cm³/mol. The van der Waals surface area contributed by atoms with Crippen LogP contribution in [0.25, 0.3) is 10.9 Å². The Labute approximate surface area is 227 Å². The number of alkyl halides is 3. The summed E-state index contributed by atoms with van der Waals surface area (Å²) in [6, 6.07) is 15.7. The number of nitrogens with two attached hydrogens (primary N) is 1. The highest BCUT2D eigenvalue weighted by atomic mass is 79.9. The number of hydrogen-bond acceptors (Lipinski definition) is 6. The highest BCUT2D eigenvalue weighted by molar-refractivity contribution is 9.10. The Hall–Kier alpha value is -4.36. The zero-order chi connectivity index (χ0) is 28.2. The third kappa shape index (κ3) is 6.94. The first-order valence-electron chi connectivity index (χ1n) is 11.3. The molecular weight excluding hydrogens is 585 g/mol. The number of nitrogens with zero attached hydrogens (tertiary/aromatic N) is 1. The summed E-state index contributed by atoms with van der Waals surface area (Å²) in [6.07, 6.45) is -3.39. The van der Waals surface area contributed by atoms with Crippen molar-refractivity contribution in [2.75, 3.05) is 17.2 Å². The number of carbonyl (C=O) groups excluding carboxylic acids is 3. The van der Waals surface area contributed by atoms with E-state index in [2.05, 4.69) is 31.3 Å². The van der Waals surface area contributed by atoms with Crippen LogP contribution in [0.5, 0.6) is 5.75 Å². The molecular formula is C26H20BrF3N4O5. The molecule has 13 heteroatoms. The summed E-state index contributed by atoms with van der Waals surface area (Å²) >= 11 is 3.38. The van der Waals surface area contributed by atoms with Gasteiger partial charge in [-0.05, 0) is 48.5 Å². The minimum absolute atomic E-state index is 0.150. The second-order valence-electron chi connectivity index (χ2n) is 8.05. The molecule has 0 saturated heterocycles. The number of aromatic nitrogens is 1. The number of hydrogen-bond donors (Lipinski definition) is 3. The van der Waals surface area contributed by atoms with E-state index >= 15 is 0 Å². The average Bonchev–Trinajstić information content (AvgIpc) is 3.24. The number of nitrogens with one attached hydrogen (secondary N) is 2. The Morgan fingerprint density at radius 1 is 0.974 bits per heavy atom. The molecule has 0 aliphatic heterocycles. The first kappa shape index (κ1) is 27.7. The normalized spacial score (nSPS) is 11.2. The zero-order valence-corrected chi connectivity index (χ0v) is 21.5. The number of benzene rings is 3. The Morgan fingerprint density at radius 2 is 1.69 bits per heavy atom. The SMILES string of the molecule is NCC(=O)OCc1ccccc1C(=O)n1cc(NC(=O)Nc2ccc(OC(F)(F)F)cc2)c2cc(Br)ccc21. The van der Waals surface area contributed by atoms with Crippen molar-refractivity contribution in [1.29, 1.82) is 0 Å². The minimum Gasteiger partial charge on any atom is -0.460 e. The molecule has 0 unspecified atom stereocenters. The maximum Gasteiger partial charge on any atom is 0.573 e. The summed E-state index contributed by atoms with van der Waals surface area (Å²) in [6.45, 7) is -0.446. The fourth-order valence-electron chi connectivity index (χ4n) is 3.70. The molecule has 1 heterocycles. The van der Waals surface area contributed by atoms with Crippen LogP contribution in [0.3, 0.4) is 0 Å². The van der Waals surface area contributed by atoms with Gasteiger partial charge in [-0.1, -0.05) is 34.1 Å². The molecule has 0 spiro atoms. The monoisotopic (exact) mass is 604 g/mol. The molecule has 0 aliphatic carbocycles. The Balaban J connectivity index is 1.58. The van der Waals surface area contributed by atoms with Gasteiger partial charge in [0.15, 0.2) is 0 Å². The number of esters is 1. The van der Waals surface area contributed by atoms with E-state index in [0.29, 0.717) is 26.6 Å². The molecule has 39 heavy (non-hydrogen) atoms. The molecule has 0 radical (unpaired) electrons. The number of rotatable bonds is 7. The lowest BCUT2D eigenvalue weighted by atomic mass is 10.1. The van der Waals surface area contributed by atoms with Crippen LogP contribution < -0.4 is 21.1 Å². The third-order valence-electron chi connectivity index (χ3n) is 5.38. The third-order valence-corrected chi connectivity index (χ3v) is 5.88. The minimum atomic E-state index is -4.83. The van der Waals surface area contributed by atoms with Gasteiger partial charge in [0.25, 0.3) is 5.91 Å². The van der Waals surface area contributed by atoms with Crippen LogP contribution in [-0.2, 0) is 16.1 Å². The summed E-state index contributed by atoms with van der Waals surface area (Å²) in [5.74, 6) is -1.48. The van der Waals surface area contributed by atoms with Crippen LogP contribution in [0, 0.1) is 0 Å². The first-order valence-corrected chi connectivity index (χ1v) is 12.1. The second kappa shape index (κ2) is 11.6. The van der Waals surface area contributed by atoms with Gasteiger partial charge in [0.05, 0.1) is 17.7 Å². The fraction of sp³-hybridized carbons (Fsp3) is 0.115. The van der Waals surface area contributed by atoms with E-state index in [1.54, 1.807) is 42.5 Å². The Kier molecular flexibility index (Phi) is 8.21. The van der Waals surface area contributed by atoms with E-state index in [1.807, 2.05) is 0 Å². The van der Waals surface area contributed by atoms with Crippen LogP contribution in [0.1, 0.15) is 15.9 Å². The van der Waals surface area contributed by atoms with Gasteiger partial charge in [0, 0.05) is 32.9 Å². The van der Waals surface area contributed by atoms with Gasteiger partial charge in [-0.25, -0.2) is 4.79 Å². The molecule has 1 aromatic heterocycles. The number of halogens is 4. The Bertz CT molecular complexity index is 1540. The number of ether oxygens (including phenoxy) is 2. The van der Waals surface area contributed by atoms with Gasteiger partial charge in [0.1, 0.15) is 12.4 Å². The van der Waals surface area contributed by atoms with Crippen molar-refractivity contribution in [3.05, 3.63) is 88.5 Å². The maximum atomic E-state index is 13.6. The van der Waals surface area contributed by atoms with Gasteiger partial charge in [-0.15, -0.1) is 13.2 Å². The molecule has 4 rings (SSSR count). The van der Waals surface area contributed by atoms with Gasteiger partial charge < -0.3 is 25.8 Å². The average molecular weight is 605 g/mol. The largest absolute Gasteiger partial charge is 0.573 e. The number of fused-ring (bicyclic) bond motifs is 1. The van der Waals surface area contributed by atoms with E-state index in [1.165, 1.54) is 22.9 Å². The molecule has 0 bridgehead atoms. The summed E-state index contributed by atoms with van der Waals surface area (Å²) in [4.78, 5) is 37.8. The van der Waals surface area contributed by atoms with Crippen molar-refractivity contribution in [3.8, 4) is 5.75 Å². The van der Waals surface area contributed by atoms with Crippen molar-refractivity contribution in [2.45, 2.75) is 13.0 Å². The van der Waals surface area contributed by atoms with Crippen molar-refractivity contribution in [3.63, 3.8) is 0 Å². The van der Waals surface area contributed by atoms with Gasteiger partial charge in [0.2, 0.25) is 0 Å². The second-order valence-corrected chi connectivity index (χ2v) is 8.97. The maximum absolute atomic E-state index is 13.6. The molecule has 3 aromatic carbocycles. The lowest BCUT2D eigenvalue weighted by molar-refractivity contribution is -0.274. The van der Waals surface area contributed by atoms with Gasteiger partial charge in [-0.2, -0.15) is 0 Å². The quantitative estimate of drug-likeness (QED) is 0.235. The lowest BCUT2D eigenvalue weighted by Gasteiger charge is -2.10. The van der Waals surface area contributed by atoms with E-state index in [0.717, 1.165) is 12.1 Å². The van der Waals surface area contributed by atoms with Crippen molar-refractivity contribution in [2.24, 2.45) is 5.73 Å². The van der Waals surface area contributed by atoms with Crippen molar-refractivity contribution >= 4 is 56.1 Å². The summed E-state index contributed by atoms with van der Waals surface area (Å²) < 4.78 is 48.1. The molecule has 0 aliphatic rings. The van der Waals surface area contributed by atoms with Gasteiger partial charge in [-0.3, -0.25) is 14.2 Å². The summed E-state index contributed by atoms with van der Waals surface area (Å²) in [7, 11) is 0. The molecule has 9 nitrogen and oxygen atoms in total. The van der Waals surface area contributed by atoms with E-state index < -0.39 is 30.0 Å². The molecule has 4 aromatic rings. The Morgan fingerprint density at radius 3 is 2.38 bits per heavy atom. The highest BCUT2D eigenvalue weighted by Crippen LogP contribution is 2.31. The van der Waals surface area contributed by atoms with Gasteiger partial charge >= 0.3 is 18.4 Å². The van der Waals surface area contributed by atoms with E-state index in [-0.39, 0.29) is 24.4 Å². The van der Waals surface area contributed by atoms with Crippen LogP contribution in [0.4, 0.5) is 29.3 Å². The molecule has 202 valence electrons. The lowest BCUT2D eigenvalue weighted by Crippen LogP contribution is -2.20. The van der Waals surface area contributed by atoms with Crippen LogP contribution in [0.2, 0.25) is 0 Å². The number of urea groups is 1. The number of carbonyl (C=O) groups is 3. The number of amides is 2. The van der Waals surface area contributed by atoms with E-state index in [9.17, 15) is 27.6 Å². The van der Waals surface area contributed by atoms with Crippen molar-refractivity contribution < 1.29 is 37.0 Å². The fourth-order valence-corrected chi connectivity index (χ4v) is 4.06.